The van der Waals surface area contributed by atoms with Crippen LogP contribution >= 0.6 is 0 Å². The first-order valence-electron chi connectivity index (χ1n) is 10.5. The monoisotopic (exact) mass is 426 g/mol. The van der Waals surface area contributed by atoms with E-state index in [-0.39, 0.29) is 11.3 Å². The van der Waals surface area contributed by atoms with Gasteiger partial charge < -0.3 is 14.6 Å². The zero-order valence-electron chi connectivity index (χ0n) is 18.7. The molecule has 0 radical (unpaired) electrons. The highest BCUT2D eigenvalue weighted by Crippen LogP contribution is 2.25. The Bertz CT molecular complexity index is 1210. The Balaban J connectivity index is 1.43. The number of carbonyl (C=O) groups excluding carboxylic acids is 1. The summed E-state index contributed by atoms with van der Waals surface area (Å²) in [6, 6.07) is 20.6. The average molecular weight is 427 g/mol. The fraction of sp³-hybridized carbons (Fsp3) is 0.192. The van der Waals surface area contributed by atoms with E-state index in [2.05, 4.69) is 36.1 Å². The molecular weight excluding hydrogens is 400 g/mol. The summed E-state index contributed by atoms with van der Waals surface area (Å²) in [5.74, 6) is 2.28. The van der Waals surface area contributed by atoms with Crippen LogP contribution in [-0.2, 0) is 5.41 Å². The van der Waals surface area contributed by atoms with Crippen molar-refractivity contribution in [3.05, 3.63) is 96.1 Å². The van der Waals surface area contributed by atoms with Gasteiger partial charge in [-0.15, -0.1) is 0 Å². The zero-order valence-corrected chi connectivity index (χ0v) is 18.7. The van der Waals surface area contributed by atoms with E-state index in [1.807, 2.05) is 60.3 Å². The van der Waals surface area contributed by atoms with Crippen molar-refractivity contribution in [3.8, 4) is 17.4 Å². The smallest absolute Gasteiger partial charge is 0.255 e. The number of amides is 1. The number of benzene rings is 2. The molecule has 0 aliphatic rings. The van der Waals surface area contributed by atoms with Gasteiger partial charge in [-0.1, -0.05) is 32.9 Å². The Kier molecular flexibility index (Phi) is 5.77. The van der Waals surface area contributed by atoms with Crippen LogP contribution in [0.4, 0.5) is 5.69 Å². The summed E-state index contributed by atoms with van der Waals surface area (Å²) in [7, 11) is 0. The fourth-order valence-corrected chi connectivity index (χ4v) is 3.25. The van der Waals surface area contributed by atoms with Crippen molar-refractivity contribution in [2.75, 3.05) is 5.32 Å². The topological polar surface area (TPSA) is 69.0 Å². The number of nitrogens with one attached hydrogen (secondary N) is 1. The number of anilines is 1. The lowest BCUT2D eigenvalue weighted by Gasteiger charge is -2.19. The van der Waals surface area contributed by atoms with Crippen molar-refractivity contribution in [3.63, 3.8) is 0 Å². The molecule has 0 unspecified atom stereocenters. The van der Waals surface area contributed by atoms with E-state index in [1.54, 1.807) is 30.3 Å². The molecule has 0 saturated heterocycles. The van der Waals surface area contributed by atoms with Gasteiger partial charge >= 0.3 is 0 Å². The molecule has 1 amide bonds. The van der Waals surface area contributed by atoms with Gasteiger partial charge in [-0.2, -0.15) is 4.98 Å². The average Bonchev–Trinajstić information content (AvgIpc) is 3.29. The number of aromatic nitrogens is 3. The number of carbonyl (C=O) groups is 1. The van der Waals surface area contributed by atoms with Gasteiger partial charge in [0, 0.05) is 29.7 Å². The molecule has 162 valence electrons. The van der Waals surface area contributed by atoms with Crippen molar-refractivity contribution < 1.29 is 9.53 Å². The second-order valence-corrected chi connectivity index (χ2v) is 8.61. The molecular formula is C26H26N4O2. The molecule has 2 aromatic carbocycles. The van der Waals surface area contributed by atoms with Gasteiger partial charge in [0.1, 0.15) is 17.4 Å². The van der Waals surface area contributed by atoms with Crippen LogP contribution in [0, 0.1) is 6.92 Å². The molecule has 0 fully saturated rings. The third-order valence-corrected chi connectivity index (χ3v) is 5.02. The number of aryl methyl sites for hydroxylation is 1. The predicted octanol–water partition coefficient (Wildman–Crippen LogP) is 5.92. The molecule has 0 atom stereocenters. The van der Waals surface area contributed by atoms with Crippen molar-refractivity contribution in [2.45, 2.75) is 33.1 Å². The molecule has 0 spiro atoms. The molecule has 0 saturated carbocycles. The van der Waals surface area contributed by atoms with Gasteiger partial charge in [0.2, 0.25) is 5.88 Å². The normalized spacial score (nSPS) is 11.2. The van der Waals surface area contributed by atoms with E-state index in [4.69, 9.17) is 4.74 Å². The molecule has 2 aromatic heterocycles. The molecule has 6 heteroatoms. The number of nitrogens with zero attached hydrogens (tertiary/aromatic N) is 3. The molecule has 6 nitrogen and oxygen atoms in total. The third-order valence-electron chi connectivity index (χ3n) is 5.02. The van der Waals surface area contributed by atoms with Gasteiger partial charge in [0.05, 0.1) is 0 Å². The van der Waals surface area contributed by atoms with Crippen LogP contribution in [0.5, 0.6) is 11.6 Å². The maximum absolute atomic E-state index is 12.6. The van der Waals surface area contributed by atoms with Gasteiger partial charge in [-0.3, -0.25) is 4.79 Å². The van der Waals surface area contributed by atoms with E-state index >= 15 is 0 Å². The van der Waals surface area contributed by atoms with Crippen LogP contribution < -0.4 is 10.1 Å². The van der Waals surface area contributed by atoms with Gasteiger partial charge in [0.15, 0.2) is 0 Å². The Hall–Kier alpha value is -3.93. The standard InChI is InChI=1S/C26H26N4O2/c1-18-27-23(30-15-5-6-16-30)17-24(28-18)32-22-13-11-21(12-14-22)29-25(31)19-7-9-20(10-8-19)26(2,3)4/h5-17H,1-4H3,(H,29,31). The van der Waals surface area contributed by atoms with Crippen LogP contribution in [0.1, 0.15) is 42.5 Å². The largest absolute Gasteiger partial charge is 0.439 e. The van der Waals surface area contributed by atoms with Crippen LogP contribution in [0.15, 0.2) is 79.1 Å². The van der Waals surface area contributed by atoms with Gasteiger partial charge in [-0.25, -0.2) is 4.98 Å². The summed E-state index contributed by atoms with van der Waals surface area (Å²) in [5.41, 5.74) is 2.55. The first-order valence-corrected chi connectivity index (χ1v) is 10.5. The summed E-state index contributed by atoms with van der Waals surface area (Å²) in [6.07, 6.45) is 3.83. The van der Waals surface area contributed by atoms with Crippen molar-refractivity contribution in [2.24, 2.45) is 0 Å². The Morgan fingerprint density at radius 2 is 1.59 bits per heavy atom. The molecule has 2 heterocycles. The number of hydrogen-bond donors (Lipinski definition) is 1. The summed E-state index contributed by atoms with van der Waals surface area (Å²) < 4.78 is 7.81. The molecule has 32 heavy (non-hydrogen) atoms. The first-order chi connectivity index (χ1) is 15.3. The predicted molar refractivity (Wildman–Crippen MR) is 126 cm³/mol. The van der Waals surface area contributed by atoms with Gasteiger partial charge in [0.25, 0.3) is 5.91 Å². The van der Waals surface area contributed by atoms with E-state index in [0.717, 1.165) is 5.82 Å². The molecule has 0 aliphatic carbocycles. The molecule has 0 aliphatic heterocycles. The van der Waals surface area contributed by atoms with Crippen LogP contribution in [0.2, 0.25) is 0 Å². The van der Waals surface area contributed by atoms with Crippen LogP contribution in [0.3, 0.4) is 0 Å². The molecule has 4 aromatic rings. The van der Waals surface area contributed by atoms with Crippen LogP contribution in [0.25, 0.3) is 5.82 Å². The summed E-state index contributed by atoms with van der Waals surface area (Å²) in [6.45, 7) is 8.27. The van der Waals surface area contributed by atoms with Crippen molar-refractivity contribution in [1.82, 2.24) is 14.5 Å². The highest BCUT2D eigenvalue weighted by molar-refractivity contribution is 6.04. The Morgan fingerprint density at radius 3 is 2.22 bits per heavy atom. The maximum Gasteiger partial charge on any atom is 0.255 e. The minimum atomic E-state index is -0.151. The second-order valence-electron chi connectivity index (χ2n) is 8.61. The van der Waals surface area contributed by atoms with E-state index in [1.165, 1.54) is 5.56 Å². The van der Waals surface area contributed by atoms with Gasteiger partial charge in [-0.05, 0) is 66.4 Å². The van der Waals surface area contributed by atoms with E-state index in [0.29, 0.717) is 28.7 Å². The SMILES string of the molecule is Cc1nc(Oc2ccc(NC(=O)c3ccc(C(C)(C)C)cc3)cc2)cc(-n2cccc2)n1. The second kappa shape index (κ2) is 8.67. The highest BCUT2D eigenvalue weighted by atomic mass is 16.5. The van der Waals surface area contributed by atoms with E-state index in [9.17, 15) is 4.79 Å². The zero-order chi connectivity index (χ0) is 22.7. The molecule has 4 rings (SSSR count). The summed E-state index contributed by atoms with van der Waals surface area (Å²) in [5, 5.41) is 2.92. The first kappa shape index (κ1) is 21.3. The fourth-order valence-electron chi connectivity index (χ4n) is 3.25. The Labute approximate surface area is 187 Å². The highest BCUT2D eigenvalue weighted by Gasteiger charge is 2.14. The summed E-state index contributed by atoms with van der Waals surface area (Å²) in [4.78, 5) is 21.4. The quantitative estimate of drug-likeness (QED) is 0.430. The van der Waals surface area contributed by atoms with E-state index < -0.39 is 0 Å². The Morgan fingerprint density at radius 1 is 0.938 bits per heavy atom. The van der Waals surface area contributed by atoms with Crippen molar-refractivity contribution in [1.29, 1.82) is 0 Å². The molecule has 0 bridgehead atoms. The molecule has 1 N–H and O–H groups in total. The van der Waals surface area contributed by atoms with Crippen molar-refractivity contribution >= 4 is 11.6 Å². The lowest BCUT2D eigenvalue weighted by molar-refractivity contribution is 0.102. The lowest BCUT2D eigenvalue weighted by Crippen LogP contribution is -2.14. The number of rotatable bonds is 5. The van der Waals surface area contributed by atoms with Crippen LogP contribution in [-0.4, -0.2) is 20.4 Å². The summed E-state index contributed by atoms with van der Waals surface area (Å²) >= 11 is 0. The minimum absolute atomic E-state index is 0.0513. The number of hydrogen-bond acceptors (Lipinski definition) is 4. The maximum atomic E-state index is 12.6. The number of ether oxygens (including phenoxy) is 1. The minimum Gasteiger partial charge on any atom is -0.439 e. The lowest BCUT2D eigenvalue weighted by atomic mass is 9.87. The third kappa shape index (κ3) is 5.03.